The van der Waals surface area contributed by atoms with Gasteiger partial charge in [0.15, 0.2) is 81.7 Å². The van der Waals surface area contributed by atoms with Crippen LogP contribution in [0.3, 0.4) is 0 Å². The number of hydrogen-bond acceptors (Lipinski definition) is 26. The minimum Gasteiger partial charge on any atom is -0.504 e. The number of carboxylic acid groups (broad SMARTS) is 1. The predicted octanol–water partition coefficient (Wildman–Crippen LogP) is 1.58. The van der Waals surface area contributed by atoms with Crippen molar-refractivity contribution in [3.63, 3.8) is 0 Å². The van der Waals surface area contributed by atoms with E-state index in [0.29, 0.717) is 42.5 Å². The molecule has 0 aromatic heterocycles. The lowest BCUT2D eigenvalue weighted by Gasteiger charge is -2.42. The molecule has 5 aromatic carbocycles. The number of benzene rings is 5. The normalized spacial score (nSPS) is 18.9. The first kappa shape index (κ1) is 46.4. The van der Waals surface area contributed by atoms with Gasteiger partial charge in [0.1, 0.15) is 18.6 Å². The lowest BCUT2D eigenvalue weighted by Crippen LogP contribution is -2.61. The highest BCUT2D eigenvalue weighted by atomic mass is 16.7. The number of carboxylic acids is 1. The van der Waals surface area contributed by atoms with Crippen molar-refractivity contribution in [2.75, 3.05) is 6.61 Å². The Morgan fingerprint density at radius 3 is 1.63 bits per heavy atom. The smallest absolute Gasteiger partial charge is 0.339 e. The van der Waals surface area contributed by atoms with Crippen LogP contribution in [0.4, 0.5) is 0 Å². The second kappa shape index (κ2) is 17.1. The van der Waals surface area contributed by atoms with Crippen LogP contribution in [-0.2, 0) is 23.7 Å². The molecule has 0 unspecified atom stereocenters. The van der Waals surface area contributed by atoms with Gasteiger partial charge in [-0.05, 0) is 36.4 Å². The first-order valence-electron chi connectivity index (χ1n) is 18.6. The Kier molecular flexibility index (Phi) is 11.6. The van der Waals surface area contributed by atoms with Crippen LogP contribution in [0.15, 0.2) is 42.5 Å². The molecule has 0 amide bonds. The number of aliphatic hydroxyl groups excluding tert-OH is 1. The number of aromatic hydroxyl groups is 14. The Morgan fingerprint density at radius 2 is 1.06 bits per heavy atom. The molecule has 0 saturated carbocycles. The van der Waals surface area contributed by atoms with Gasteiger partial charge in [-0.3, -0.25) is 4.79 Å². The fourth-order valence-corrected chi connectivity index (χ4v) is 6.90. The summed E-state index contributed by atoms with van der Waals surface area (Å²) in [6.45, 7) is -1.23. The van der Waals surface area contributed by atoms with Crippen LogP contribution in [0.2, 0.25) is 0 Å². The van der Waals surface area contributed by atoms with Crippen molar-refractivity contribution < 1.29 is 134 Å². The van der Waals surface area contributed by atoms with Crippen LogP contribution in [0.5, 0.6) is 97.7 Å². The SMILES string of the molecule is O=C(O)c1cc(O)c(O)c(Oc2c(OC(=O)[C@@H]3[C@@H](OC(=O)c4cc(O)c(O)c(O)c4)[C@@H]4OC(=O)c5cc(O)c(O)c(O)c5-c5c(cc(O)c(O)c5O)C(=O)OC[C@@H]4O[C@H]3O)cc(O)c(O)c2O)c1. The molecule has 2 heterocycles. The fourth-order valence-electron chi connectivity index (χ4n) is 6.90. The summed E-state index contributed by atoms with van der Waals surface area (Å²) in [6, 6.07) is 3.41. The molecule has 1 saturated heterocycles. The minimum absolute atomic E-state index is 0.364. The molecule has 1 fully saturated rings. The molecule has 0 aliphatic carbocycles. The lowest BCUT2D eigenvalue weighted by atomic mass is 9.90. The van der Waals surface area contributed by atoms with Gasteiger partial charge in [0, 0.05) is 17.2 Å². The highest BCUT2D eigenvalue weighted by molar-refractivity contribution is 6.08. The molecule has 27 nitrogen and oxygen atoms in total. The Labute approximate surface area is 374 Å². The number of ether oxygens (including phenoxy) is 6. The molecule has 2 aliphatic rings. The number of carbonyl (C=O) groups is 5. The van der Waals surface area contributed by atoms with Gasteiger partial charge in [-0.25, -0.2) is 19.2 Å². The number of rotatable bonds is 7. The third-order valence-electron chi connectivity index (χ3n) is 10.2. The topological polar surface area (TPSA) is 464 Å². The number of aliphatic hydroxyl groups is 1. The molecular weight excluding hydrogens is 924 g/mol. The fraction of sp³-hybridized carbons (Fsp3) is 0.146. The number of phenols is 14. The van der Waals surface area contributed by atoms with E-state index in [1.165, 1.54) is 0 Å². The van der Waals surface area contributed by atoms with Crippen molar-refractivity contribution in [2.24, 2.45) is 5.92 Å². The standard InChI is InChI=1S/C41H30O27/c42-13-2-10(3-14(43)25(13)48)37(58)68-35-24(40(61)65-20-7-18(47)29(52)32(55)33(20)64-19-4-9(36(56)57)1-15(44)26(19)49)41(62)66-21-8-63-38(59)11-5-16(45)27(50)30(53)22(11)23-12(39(60)67-34(21)35)6-17(46)28(51)31(23)54/h1-7,21,24,34-35,41-55,62H,8H2,(H,56,57)/t21-,24-,34+,35+,41+/m0/s1. The summed E-state index contributed by atoms with van der Waals surface area (Å²) in [5, 5.41) is 167. The van der Waals surface area contributed by atoms with Gasteiger partial charge in [-0.2, -0.15) is 0 Å². The zero-order valence-electron chi connectivity index (χ0n) is 33.3. The van der Waals surface area contributed by atoms with Crippen LogP contribution in [0, 0.1) is 5.92 Å². The highest BCUT2D eigenvalue weighted by Gasteiger charge is 2.55. The van der Waals surface area contributed by atoms with Crippen LogP contribution >= 0.6 is 0 Å². The number of cyclic esters (lactones) is 1. The number of esters is 4. The molecule has 5 atom stereocenters. The van der Waals surface area contributed by atoms with E-state index >= 15 is 0 Å². The zero-order valence-corrected chi connectivity index (χ0v) is 33.3. The summed E-state index contributed by atoms with van der Waals surface area (Å²) in [6.07, 6.45) is -9.81. The van der Waals surface area contributed by atoms with Crippen molar-refractivity contribution in [2.45, 2.75) is 24.6 Å². The van der Waals surface area contributed by atoms with E-state index < -0.39 is 198 Å². The average Bonchev–Trinajstić information content (AvgIpc) is 3.29. The number of carbonyl (C=O) groups excluding carboxylic acids is 4. The van der Waals surface area contributed by atoms with Gasteiger partial charge < -0.3 is 110 Å². The molecule has 27 heteroatoms. The van der Waals surface area contributed by atoms with Crippen molar-refractivity contribution in [1.82, 2.24) is 0 Å². The van der Waals surface area contributed by atoms with Gasteiger partial charge in [-0.15, -0.1) is 0 Å². The van der Waals surface area contributed by atoms with Gasteiger partial charge in [-0.1, -0.05) is 0 Å². The number of hydrogen-bond donors (Lipinski definition) is 16. The molecule has 0 radical (unpaired) electrons. The maximum absolute atomic E-state index is 14.3. The first-order chi connectivity index (χ1) is 31.9. The van der Waals surface area contributed by atoms with E-state index in [1.807, 2.05) is 0 Å². The van der Waals surface area contributed by atoms with E-state index in [1.54, 1.807) is 0 Å². The molecule has 16 N–H and O–H groups in total. The maximum Gasteiger partial charge on any atom is 0.339 e. The van der Waals surface area contributed by atoms with Crippen molar-refractivity contribution in [1.29, 1.82) is 0 Å². The summed E-state index contributed by atoms with van der Waals surface area (Å²) in [5.74, 6) is -32.7. The predicted molar refractivity (Wildman–Crippen MR) is 210 cm³/mol. The summed E-state index contributed by atoms with van der Waals surface area (Å²) in [7, 11) is 0. The largest absolute Gasteiger partial charge is 0.504 e. The monoisotopic (exact) mass is 954 g/mol. The van der Waals surface area contributed by atoms with Crippen LogP contribution in [0.25, 0.3) is 11.1 Å². The summed E-state index contributed by atoms with van der Waals surface area (Å²) < 4.78 is 32.5. The summed E-state index contributed by atoms with van der Waals surface area (Å²) in [4.78, 5) is 67.8. The van der Waals surface area contributed by atoms with E-state index in [2.05, 4.69) is 0 Å². The average molecular weight is 955 g/mol. The number of phenolic OH excluding ortho intramolecular Hbond substituents is 14. The Morgan fingerprint density at radius 1 is 0.559 bits per heavy atom. The van der Waals surface area contributed by atoms with Crippen molar-refractivity contribution in [3.8, 4) is 109 Å². The molecule has 7 rings (SSSR count). The second-order valence-corrected chi connectivity index (χ2v) is 14.4. The van der Waals surface area contributed by atoms with E-state index in [-0.39, 0.29) is 0 Å². The third kappa shape index (κ3) is 7.96. The molecule has 68 heavy (non-hydrogen) atoms. The molecular formula is C41H30O27. The Hall–Kier alpha value is -9.63. The Balaban J connectivity index is 1.38. The highest BCUT2D eigenvalue weighted by Crippen LogP contribution is 2.55. The second-order valence-electron chi connectivity index (χ2n) is 14.4. The van der Waals surface area contributed by atoms with Crippen molar-refractivity contribution >= 4 is 29.8 Å². The van der Waals surface area contributed by atoms with Crippen molar-refractivity contribution in [3.05, 3.63) is 64.7 Å². The number of aromatic carboxylic acids is 1. The van der Waals surface area contributed by atoms with Gasteiger partial charge in [0.2, 0.25) is 34.5 Å². The van der Waals surface area contributed by atoms with E-state index in [9.17, 15) is 106 Å². The van der Waals surface area contributed by atoms with Crippen LogP contribution < -0.4 is 9.47 Å². The third-order valence-corrected chi connectivity index (χ3v) is 10.2. The lowest BCUT2D eigenvalue weighted by molar-refractivity contribution is -0.266. The molecule has 0 spiro atoms. The Bertz CT molecular complexity index is 2970. The van der Waals surface area contributed by atoms with Gasteiger partial charge in [0.05, 0.1) is 22.3 Å². The van der Waals surface area contributed by atoms with Gasteiger partial charge >= 0.3 is 29.8 Å². The first-order valence-corrected chi connectivity index (χ1v) is 18.6. The zero-order chi connectivity index (χ0) is 50.0. The van der Waals surface area contributed by atoms with E-state index in [0.717, 1.165) is 0 Å². The molecule has 2 aliphatic heterocycles. The van der Waals surface area contributed by atoms with Crippen LogP contribution in [-0.4, -0.2) is 143 Å². The molecule has 356 valence electrons. The summed E-state index contributed by atoms with van der Waals surface area (Å²) in [5.41, 5.74) is -5.80. The van der Waals surface area contributed by atoms with Gasteiger partial charge in [0.25, 0.3) is 0 Å². The van der Waals surface area contributed by atoms with E-state index in [4.69, 9.17) is 28.4 Å². The quantitative estimate of drug-likeness (QED) is 0.0476. The summed E-state index contributed by atoms with van der Waals surface area (Å²) >= 11 is 0. The molecule has 5 aromatic rings. The molecule has 0 bridgehead atoms. The number of fused-ring (bicyclic) bond motifs is 4. The minimum atomic E-state index is -2.68. The maximum atomic E-state index is 14.3. The van der Waals surface area contributed by atoms with Crippen LogP contribution in [0.1, 0.15) is 41.4 Å².